The zero-order valence-corrected chi connectivity index (χ0v) is 14.4. The highest BCUT2D eigenvalue weighted by atomic mass is 19.1. The van der Waals surface area contributed by atoms with E-state index in [1.54, 1.807) is 26.8 Å². The molecule has 1 aliphatic rings. The Hall–Kier alpha value is -1.62. The summed E-state index contributed by atoms with van der Waals surface area (Å²) in [7, 11) is 0. The molecule has 23 heavy (non-hydrogen) atoms. The first kappa shape index (κ1) is 17.7. The van der Waals surface area contributed by atoms with Crippen LogP contribution in [0.1, 0.15) is 45.6 Å². The predicted octanol–water partition coefficient (Wildman–Crippen LogP) is 3.20. The number of hydrogen-bond acceptors (Lipinski definition) is 4. The van der Waals surface area contributed by atoms with Gasteiger partial charge in [0, 0.05) is 13.1 Å². The fourth-order valence-electron chi connectivity index (χ4n) is 2.86. The van der Waals surface area contributed by atoms with E-state index in [4.69, 9.17) is 4.74 Å². The van der Waals surface area contributed by atoms with Crippen LogP contribution in [-0.2, 0) is 9.53 Å². The van der Waals surface area contributed by atoms with Gasteiger partial charge in [0.25, 0.3) is 0 Å². The molecule has 1 N–H and O–H groups in total. The van der Waals surface area contributed by atoms with E-state index in [9.17, 15) is 14.3 Å². The molecule has 0 bridgehead atoms. The number of halogens is 1. The van der Waals surface area contributed by atoms with Gasteiger partial charge >= 0.3 is 5.97 Å². The van der Waals surface area contributed by atoms with Gasteiger partial charge in [-0.25, -0.2) is 4.39 Å². The fraction of sp³-hybridized carbons (Fsp3) is 0.611. The summed E-state index contributed by atoms with van der Waals surface area (Å²) < 4.78 is 19.3. The van der Waals surface area contributed by atoms with Crippen LogP contribution in [0.25, 0.3) is 0 Å². The quantitative estimate of drug-likeness (QED) is 0.868. The minimum atomic E-state index is -1.07. The van der Waals surface area contributed by atoms with Gasteiger partial charge in [-0.05, 0) is 58.2 Å². The van der Waals surface area contributed by atoms with E-state index >= 15 is 0 Å². The number of esters is 1. The van der Waals surface area contributed by atoms with Crippen LogP contribution >= 0.6 is 0 Å². The SMILES string of the molecule is Cc1ccc(N2CCC(O)(CC(=O)OC(C)(C)C)CC2)c(F)c1. The number of carbonyl (C=O) groups excluding carboxylic acids is 1. The number of piperidine rings is 1. The number of carbonyl (C=O) groups is 1. The van der Waals surface area contributed by atoms with Crippen LogP contribution in [0.2, 0.25) is 0 Å². The molecule has 2 rings (SSSR count). The van der Waals surface area contributed by atoms with Gasteiger partial charge in [0.2, 0.25) is 0 Å². The highest BCUT2D eigenvalue weighted by Gasteiger charge is 2.36. The summed E-state index contributed by atoms with van der Waals surface area (Å²) in [5.41, 5.74) is -0.196. The highest BCUT2D eigenvalue weighted by molar-refractivity contribution is 5.71. The second-order valence-electron chi connectivity index (χ2n) is 7.43. The van der Waals surface area contributed by atoms with Gasteiger partial charge in [0.1, 0.15) is 11.4 Å². The summed E-state index contributed by atoms with van der Waals surface area (Å²) in [5.74, 6) is -0.641. The van der Waals surface area contributed by atoms with Crippen molar-refractivity contribution in [2.24, 2.45) is 0 Å². The van der Waals surface area contributed by atoms with Crippen molar-refractivity contribution in [3.8, 4) is 0 Å². The van der Waals surface area contributed by atoms with Crippen LogP contribution in [0, 0.1) is 12.7 Å². The Morgan fingerprint density at radius 2 is 1.96 bits per heavy atom. The molecular weight excluding hydrogens is 297 g/mol. The Balaban J connectivity index is 1.95. The zero-order valence-electron chi connectivity index (χ0n) is 14.4. The molecule has 0 aliphatic carbocycles. The largest absolute Gasteiger partial charge is 0.460 e. The normalized spacial score (nSPS) is 17.9. The first-order valence-electron chi connectivity index (χ1n) is 8.03. The molecular formula is C18H26FNO3. The predicted molar refractivity (Wildman–Crippen MR) is 88.0 cm³/mol. The van der Waals surface area contributed by atoms with Crippen LogP contribution in [0.5, 0.6) is 0 Å². The van der Waals surface area contributed by atoms with Crippen molar-refractivity contribution in [2.45, 2.75) is 58.2 Å². The van der Waals surface area contributed by atoms with Crippen LogP contribution in [0.4, 0.5) is 10.1 Å². The summed E-state index contributed by atoms with van der Waals surface area (Å²) >= 11 is 0. The van der Waals surface area contributed by atoms with Crippen LogP contribution in [-0.4, -0.2) is 35.4 Å². The lowest BCUT2D eigenvalue weighted by molar-refractivity contribution is -0.161. The molecule has 1 fully saturated rings. The zero-order chi connectivity index (χ0) is 17.3. The third-order valence-electron chi connectivity index (χ3n) is 4.03. The molecule has 0 saturated carbocycles. The van der Waals surface area contributed by atoms with Crippen LogP contribution in [0.3, 0.4) is 0 Å². The van der Waals surface area contributed by atoms with Crippen molar-refractivity contribution in [3.05, 3.63) is 29.6 Å². The first-order valence-corrected chi connectivity index (χ1v) is 8.03. The van der Waals surface area contributed by atoms with Crippen molar-refractivity contribution in [1.29, 1.82) is 0 Å². The number of benzene rings is 1. The molecule has 5 heteroatoms. The molecule has 0 radical (unpaired) electrons. The Bertz CT molecular complexity index is 572. The number of aryl methyl sites for hydroxylation is 1. The molecule has 1 aromatic carbocycles. The van der Waals surface area contributed by atoms with Crippen molar-refractivity contribution in [1.82, 2.24) is 0 Å². The monoisotopic (exact) mass is 323 g/mol. The number of rotatable bonds is 3. The van der Waals surface area contributed by atoms with Gasteiger partial charge in [-0.3, -0.25) is 4.79 Å². The lowest BCUT2D eigenvalue weighted by atomic mass is 9.88. The van der Waals surface area contributed by atoms with Gasteiger partial charge in [-0.2, -0.15) is 0 Å². The molecule has 1 aliphatic heterocycles. The summed E-state index contributed by atoms with van der Waals surface area (Å²) in [5, 5.41) is 10.6. The standard InChI is InChI=1S/C18H26FNO3/c1-13-5-6-15(14(19)11-13)20-9-7-18(22,8-10-20)12-16(21)23-17(2,3)4/h5-6,11,22H,7-10,12H2,1-4H3. The van der Waals surface area contributed by atoms with Gasteiger partial charge in [-0.1, -0.05) is 6.07 Å². The molecule has 0 spiro atoms. The lowest BCUT2D eigenvalue weighted by Gasteiger charge is -2.39. The molecule has 4 nitrogen and oxygen atoms in total. The summed E-state index contributed by atoms with van der Waals surface area (Å²) in [6, 6.07) is 5.15. The average molecular weight is 323 g/mol. The average Bonchev–Trinajstić information content (AvgIpc) is 2.37. The van der Waals surface area contributed by atoms with Gasteiger partial charge in [0.05, 0.1) is 17.7 Å². The molecule has 0 aromatic heterocycles. The Morgan fingerprint density at radius 3 is 2.48 bits per heavy atom. The van der Waals surface area contributed by atoms with Crippen LogP contribution < -0.4 is 4.90 Å². The van der Waals surface area contributed by atoms with Gasteiger partial charge in [0.15, 0.2) is 0 Å². The maximum Gasteiger partial charge on any atom is 0.309 e. The van der Waals surface area contributed by atoms with E-state index in [0.29, 0.717) is 31.6 Å². The van der Waals surface area contributed by atoms with Gasteiger partial charge < -0.3 is 14.7 Å². The number of ether oxygens (including phenoxy) is 1. The van der Waals surface area contributed by atoms with Crippen LogP contribution in [0.15, 0.2) is 18.2 Å². The second-order valence-corrected chi connectivity index (χ2v) is 7.43. The number of aliphatic hydroxyl groups is 1. The highest BCUT2D eigenvalue weighted by Crippen LogP contribution is 2.31. The minimum absolute atomic E-state index is 0.0194. The van der Waals surface area contributed by atoms with Crippen molar-refractivity contribution in [3.63, 3.8) is 0 Å². The number of anilines is 1. The van der Waals surface area contributed by atoms with E-state index < -0.39 is 17.2 Å². The van der Waals surface area contributed by atoms with E-state index in [1.807, 2.05) is 17.9 Å². The van der Waals surface area contributed by atoms with Crippen molar-refractivity contribution in [2.75, 3.05) is 18.0 Å². The fourth-order valence-corrected chi connectivity index (χ4v) is 2.86. The maximum absolute atomic E-state index is 14.0. The Morgan fingerprint density at radius 1 is 1.35 bits per heavy atom. The summed E-state index contributed by atoms with van der Waals surface area (Å²) in [4.78, 5) is 13.8. The van der Waals surface area contributed by atoms with E-state index in [-0.39, 0.29) is 12.2 Å². The lowest BCUT2D eigenvalue weighted by Crippen LogP contribution is -2.46. The van der Waals surface area contributed by atoms with Crippen molar-refractivity contribution >= 4 is 11.7 Å². The van der Waals surface area contributed by atoms with E-state index in [0.717, 1.165) is 5.56 Å². The summed E-state index contributed by atoms with van der Waals surface area (Å²) in [6.07, 6.45) is 0.813. The molecule has 1 saturated heterocycles. The third kappa shape index (κ3) is 4.93. The molecule has 128 valence electrons. The smallest absolute Gasteiger partial charge is 0.309 e. The number of nitrogens with zero attached hydrogens (tertiary/aromatic N) is 1. The minimum Gasteiger partial charge on any atom is -0.460 e. The summed E-state index contributed by atoms with van der Waals surface area (Å²) in [6.45, 7) is 8.29. The van der Waals surface area contributed by atoms with Gasteiger partial charge in [-0.15, -0.1) is 0 Å². The topological polar surface area (TPSA) is 49.8 Å². The molecule has 0 atom stereocenters. The van der Waals surface area contributed by atoms with Crippen molar-refractivity contribution < 1.29 is 19.0 Å². The second kappa shape index (κ2) is 6.48. The molecule has 0 unspecified atom stereocenters. The maximum atomic E-state index is 14.0. The Kier molecular flexibility index (Phi) is 4.99. The first-order chi connectivity index (χ1) is 10.6. The molecule has 1 heterocycles. The third-order valence-corrected chi connectivity index (χ3v) is 4.03. The van der Waals surface area contributed by atoms with E-state index in [2.05, 4.69) is 0 Å². The molecule has 1 aromatic rings. The Labute approximate surface area is 137 Å². The molecule has 0 amide bonds. The number of hydrogen-bond donors (Lipinski definition) is 1. The van der Waals surface area contributed by atoms with E-state index in [1.165, 1.54) is 6.07 Å².